The number of nitrogens with one attached hydrogen (secondary N) is 2. The number of hydrogen-bond acceptors (Lipinski definition) is 10. The number of thiophene rings is 1. The van der Waals surface area contributed by atoms with E-state index >= 15 is 0 Å². The van der Waals surface area contributed by atoms with E-state index in [1.54, 1.807) is 17.4 Å². The number of aromatic nitrogens is 2. The molecule has 2 aliphatic rings. The van der Waals surface area contributed by atoms with Crippen molar-refractivity contribution in [3.8, 4) is 5.75 Å². The van der Waals surface area contributed by atoms with Gasteiger partial charge >= 0.3 is 5.97 Å². The Balaban J connectivity index is 1.40. The van der Waals surface area contributed by atoms with E-state index < -0.39 is 5.97 Å². The fraction of sp³-hybridized carbons (Fsp3) is 0.345. The van der Waals surface area contributed by atoms with E-state index in [0.29, 0.717) is 18.9 Å². The molecule has 0 radical (unpaired) electrons. The Morgan fingerprint density at radius 1 is 1.32 bits per heavy atom. The molecule has 0 spiro atoms. The first-order valence-electron chi connectivity index (χ1n) is 13.4. The summed E-state index contributed by atoms with van der Waals surface area (Å²) in [6.07, 6.45) is 2.69. The van der Waals surface area contributed by atoms with Crippen LogP contribution in [0.4, 0.5) is 17.3 Å². The maximum Gasteiger partial charge on any atom is 0.304 e. The number of carbonyl (C=O) groups is 1. The van der Waals surface area contributed by atoms with Gasteiger partial charge in [0.05, 0.1) is 17.8 Å². The molecule has 2 atom stereocenters. The Labute approximate surface area is 236 Å². The number of fused-ring (bicyclic) bond motifs is 3. The number of hydrazine groups is 2. The first kappa shape index (κ1) is 26.3. The maximum atomic E-state index is 12.1. The normalized spacial score (nSPS) is 17.6. The number of nitrogen functional groups attached to an aromatic ring is 1. The largest absolute Gasteiger partial charge is 0.487 e. The van der Waals surface area contributed by atoms with Crippen molar-refractivity contribution in [1.82, 2.24) is 20.4 Å². The molecule has 0 bridgehead atoms. The zero-order valence-electron chi connectivity index (χ0n) is 22.8. The van der Waals surface area contributed by atoms with E-state index in [0.717, 1.165) is 63.6 Å². The Bertz CT molecular complexity index is 1590. The van der Waals surface area contributed by atoms with Crippen molar-refractivity contribution in [1.29, 1.82) is 0 Å². The lowest BCUT2D eigenvalue weighted by Crippen LogP contribution is -2.32. The average Bonchev–Trinajstić information content (AvgIpc) is 3.51. The minimum absolute atomic E-state index is 0.0350. The number of anilines is 3. The smallest absolute Gasteiger partial charge is 0.304 e. The van der Waals surface area contributed by atoms with Crippen molar-refractivity contribution in [3.05, 3.63) is 69.9 Å². The second-order valence-corrected chi connectivity index (χ2v) is 11.4. The Kier molecular flexibility index (Phi) is 6.95. The predicted octanol–water partition coefficient (Wildman–Crippen LogP) is 4.64. The van der Waals surface area contributed by atoms with Crippen molar-refractivity contribution >= 4 is 44.7 Å². The summed E-state index contributed by atoms with van der Waals surface area (Å²) in [6, 6.07) is 10.1. The van der Waals surface area contributed by atoms with Gasteiger partial charge in [-0.25, -0.2) is 9.97 Å². The van der Waals surface area contributed by atoms with Gasteiger partial charge in [-0.15, -0.1) is 16.9 Å². The second-order valence-electron chi connectivity index (χ2n) is 10.5. The highest BCUT2D eigenvalue weighted by molar-refractivity contribution is 7.17. The molecule has 0 saturated heterocycles. The van der Waals surface area contributed by atoms with Crippen LogP contribution in [0.25, 0.3) is 10.1 Å². The van der Waals surface area contributed by atoms with Crippen molar-refractivity contribution < 1.29 is 14.6 Å². The highest BCUT2D eigenvalue weighted by Crippen LogP contribution is 2.40. The Hall–Kier alpha value is -3.93. The highest BCUT2D eigenvalue weighted by atomic mass is 32.1. The van der Waals surface area contributed by atoms with Gasteiger partial charge in [0.1, 0.15) is 17.7 Å². The van der Waals surface area contributed by atoms with Crippen LogP contribution in [-0.4, -0.2) is 45.6 Å². The Morgan fingerprint density at radius 2 is 2.17 bits per heavy atom. The number of carboxylic acids is 1. The van der Waals surface area contributed by atoms with Crippen LogP contribution in [0.3, 0.4) is 0 Å². The third kappa shape index (κ3) is 4.91. The number of aliphatic carboxylic acids is 1. The molecule has 11 heteroatoms. The van der Waals surface area contributed by atoms with Crippen molar-refractivity contribution in [2.45, 2.75) is 51.8 Å². The van der Waals surface area contributed by atoms with Gasteiger partial charge in [-0.3, -0.25) is 20.1 Å². The van der Waals surface area contributed by atoms with Crippen LogP contribution in [0, 0.1) is 6.92 Å². The van der Waals surface area contributed by atoms with Crippen LogP contribution in [0.5, 0.6) is 5.75 Å². The molecule has 5 heterocycles. The molecular weight excluding hydrogens is 526 g/mol. The summed E-state index contributed by atoms with van der Waals surface area (Å²) >= 11 is 1.71. The number of carboxylic acid groups (broad SMARTS) is 1. The maximum absolute atomic E-state index is 12.1. The summed E-state index contributed by atoms with van der Waals surface area (Å²) in [4.78, 5) is 23.7. The lowest BCUT2D eigenvalue weighted by atomic mass is 9.85. The van der Waals surface area contributed by atoms with Crippen LogP contribution >= 0.6 is 11.3 Å². The molecule has 1 aromatic carbocycles. The lowest BCUT2D eigenvalue weighted by Gasteiger charge is -2.25. The fourth-order valence-electron chi connectivity index (χ4n) is 5.72. The number of benzene rings is 1. The molecule has 4 aromatic rings. The van der Waals surface area contributed by atoms with Crippen molar-refractivity contribution in [2.75, 3.05) is 29.8 Å². The minimum Gasteiger partial charge on any atom is -0.487 e. The monoisotopic (exact) mass is 559 g/mol. The zero-order valence-corrected chi connectivity index (χ0v) is 23.6. The number of nitrogens with zero attached hydrogens (tertiary/aromatic N) is 4. The first-order valence-corrected chi connectivity index (χ1v) is 14.3. The van der Waals surface area contributed by atoms with Gasteiger partial charge in [0.15, 0.2) is 5.82 Å². The third-order valence-electron chi connectivity index (χ3n) is 7.76. The van der Waals surface area contributed by atoms with Gasteiger partial charge in [0.25, 0.3) is 0 Å². The van der Waals surface area contributed by atoms with Crippen molar-refractivity contribution in [2.24, 2.45) is 0 Å². The predicted molar refractivity (Wildman–Crippen MR) is 158 cm³/mol. The molecule has 2 aliphatic heterocycles. The van der Waals surface area contributed by atoms with Crippen LogP contribution in [0.15, 0.2) is 41.9 Å². The molecule has 0 amide bonds. The topological polar surface area (TPSA) is 129 Å². The molecule has 5 N–H and O–H groups in total. The Morgan fingerprint density at radius 3 is 2.98 bits per heavy atom. The lowest BCUT2D eigenvalue weighted by molar-refractivity contribution is -0.137. The number of rotatable bonds is 7. The van der Waals surface area contributed by atoms with E-state index in [2.05, 4.69) is 56.3 Å². The number of pyridine rings is 2. The van der Waals surface area contributed by atoms with E-state index in [1.165, 1.54) is 4.70 Å². The third-order valence-corrected chi connectivity index (χ3v) is 8.77. The molecule has 3 aromatic heterocycles. The standard InChI is InChI=1S/C29H33N7O3S/c1-4-20-14-36(15-23-24(39-20)5-6-25(30)32-23)13-19-10-18(9-17-7-8-40-28(17)19)21(11-26(37)38)22-12-31-29-27(16(22)2)33-34-35(29)3/h5-10,12,20-21,33-34H,4,11,13-15H2,1-3H3,(H2,30,32)(H,37,38)/t20-,21-/m1/s1. The molecule has 0 unspecified atom stereocenters. The van der Waals surface area contributed by atoms with Crippen LogP contribution in [0.2, 0.25) is 0 Å². The molecule has 0 saturated carbocycles. The summed E-state index contributed by atoms with van der Waals surface area (Å²) in [6.45, 7) is 6.19. The van der Waals surface area contributed by atoms with Crippen LogP contribution in [0.1, 0.15) is 53.6 Å². The van der Waals surface area contributed by atoms with E-state index in [9.17, 15) is 9.90 Å². The quantitative estimate of drug-likeness (QED) is 0.254. The zero-order chi connectivity index (χ0) is 28.0. The van der Waals surface area contributed by atoms with Crippen LogP contribution in [-0.2, 0) is 17.9 Å². The summed E-state index contributed by atoms with van der Waals surface area (Å²) in [5.74, 6) is 0.839. The first-order chi connectivity index (χ1) is 19.3. The molecule has 208 valence electrons. The molecule has 0 aliphatic carbocycles. The van der Waals surface area contributed by atoms with Crippen LogP contribution < -0.4 is 26.4 Å². The fourth-order valence-corrected chi connectivity index (χ4v) is 6.60. The SMILES string of the molecule is CC[C@@H]1CN(Cc2cc([C@@H](CC(=O)O)c3cnc4c(c3C)NNN4C)cc3ccsc23)Cc2nc(N)ccc2O1. The van der Waals surface area contributed by atoms with Crippen molar-refractivity contribution in [3.63, 3.8) is 0 Å². The molecule has 0 fully saturated rings. The number of hydrogen-bond donors (Lipinski definition) is 4. The van der Waals surface area contributed by atoms with Gasteiger partial charge in [-0.2, -0.15) is 0 Å². The molecular formula is C29H33N7O3S. The summed E-state index contributed by atoms with van der Waals surface area (Å²) in [7, 11) is 1.88. The van der Waals surface area contributed by atoms with Gasteiger partial charge in [0.2, 0.25) is 0 Å². The number of nitrogens with two attached hydrogens (primary N) is 1. The van der Waals surface area contributed by atoms with Gasteiger partial charge in [0, 0.05) is 43.5 Å². The molecule has 10 nitrogen and oxygen atoms in total. The van der Waals surface area contributed by atoms with E-state index in [-0.39, 0.29) is 18.4 Å². The molecule has 6 rings (SSSR count). The number of ether oxygens (including phenoxy) is 1. The summed E-state index contributed by atoms with van der Waals surface area (Å²) < 4.78 is 7.48. The average molecular weight is 560 g/mol. The molecule has 40 heavy (non-hydrogen) atoms. The second kappa shape index (κ2) is 10.6. The highest BCUT2D eigenvalue weighted by Gasteiger charge is 2.28. The van der Waals surface area contributed by atoms with Gasteiger partial charge in [-0.05, 0) is 70.6 Å². The summed E-state index contributed by atoms with van der Waals surface area (Å²) in [5, 5.41) is 15.0. The van der Waals surface area contributed by atoms with Gasteiger partial charge in [-0.1, -0.05) is 13.0 Å². The van der Waals surface area contributed by atoms with E-state index in [1.807, 2.05) is 31.2 Å². The van der Waals surface area contributed by atoms with Gasteiger partial charge < -0.3 is 15.6 Å². The minimum atomic E-state index is -0.851. The van der Waals surface area contributed by atoms with E-state index in [4.69, 9.17) is 10.5 Å². The summed E-state index contributed by atoms with van der Waals surface area (Å²) in [5.41, 5.74) is 17.9.